The molecule has 0 unspecified atom stereocenters. The number of hydrogen-bond acceptors (Lipinski definition) is 1. The fourth-order valence-corrected chi connectivity index (χ4v) is 4.75. The van der Waals surface area contributed by atoms with E-state index in [9.17, 15) is 0 Å². The molecule has 2 heteroatoms. The molecule has 1 aromatic heterocycles. The van der Waals surface area contributed by atoms with Crippen LogP contribution < -0.4 is 5.19 Å². The number of nitrogens with zero attached hydrogens (tertiary/aromatic N) is 1. The van der Waals surface area contributed by atoms with E-state index in [4.69, 9.17) is 4.98 Å². The lowest BCUT2D eigenvalue weighted by Crippen LogP contribution is -2.40. The molecule has 0 bridgehead atoms. The molecule has 1 nitrogen and oxygen atoms in total. The van der Waals surface area contributed by atoms with Crippen LogP contribution in [0.5, 0.6) is 0 Å². The van der Waals surface area contributed by atoms with Gasteiger partial charge in [0.1, 0.15) is 0 Å². The van der Waals surface area contributed by atoms with Crippen molar-refractivity contribution in [2.24, 2.45) is 0 Å². The third-order valence-corrected chi connectivity index (χ3v) is 6.53. The predicted octanol–water partition coefficient (Wildman–Crippen LogP) is 5.52. The SMILES string of the molecule is CCc1cc(-c2ccc(-c3ccccc3)cc2)ncc1[Si](C)(C)C. The van der Waals surface area contributed by atoms with E-state index in [0.29, 0.717) is 0 Å². The lowest BCUT2D eigenvalue weighted by atomic mass is 10.0. The molecule has 0 spiro atoms. The number of rotatable bonds is 4. The monoisotopic (exact) mass is 331 g/mol. The molecule has 0 radical (unpaired) electrons. The molecule has 0 fully saturated rings. The zero-order valence-electron chi connectivity index (χ0n) is 15.0. The second-order valence-electron chi connectivity index (χ2n) is 7.27. The van der Waals surface area contributed by atoms with Crippen molar-refractivity contribution in [1.29, 1.82) is 0 Å². The Balaban J connectivity index is 1.95. The number of pyridine rings is 1. The minimum atomic E-state index is -1.34. The van der Waals surface area contributed by atoms with Gasteiger partial charge in [-0.15, -0.1) is 0 Å². The Kier molecular flexibility index (Phi) is 4.68. The van der Waals surface area contributed by atoms with Gasteiger partial charge in [-0.2, -0.15) is 0 Å². The van der Waals surface area contributed by atoms with Gasteiger partial charge >= 0.3 is 0 Å². The molecule has 0 N–H and O–H groups in total. The van der Waals surface area contributed by atoms with E-state index in [1.807, 2.05) is 6.07 Å². The molecule has 3 aromatic rings. The van der Waals surface area contributed by atoms with Gasteiger partial charge in [0.05, 0.1) is 13.8 Å². The Morgan fingerprint density at radius 3 is 1.96 bits per heavy atom. The Bertz CT molecular complexity index is 815. The van der Waals surface area contributed by atoms with Crippen LogP contribution in [0.25, 0.3) is 22.4 Å². The van der Waals surface area contributed by atoms with Gasteiger partial charge in [0.2, 0.25) is 0 Å². The molecular formula is C22H25NSi. The molecular weight excluding hydrogens is 306 g/mol. The normalized spacial score (nSPS) is 11.5. The molecule has 2 aromatic carbocycles. The van der Waals surface area contributed by atoms with Crippen molar-refractivity contribution in [3.63, 3.8) is 0 Å². The van der Waals surface area contributed by atoms with E-state index in [2.05, 4.69) is 87.4 Å². The third-order valence-electron chi connectivity index (χ3n) is 4.47. The van der Waals surface area contributed by atoms with Crippen LogP contribution in [0.1, 0.15) is 12.5 Å². The van der Waals surface area contributed by atoms with Gasteiger partial charge in [-0.1, -0.05) is 81.2 Å². The van der Waals surface area contributed by atoms with Crippen molar-refractivity contribution < 1.29 is 0 Å². The molecule has 0 amide bonds. The molecule has 0 saturated carbocycles. The lowest BCUT2D eigenvalue weighted by molar-refractivity contribution is 1.13. The van der Waals surface area contributed by atoms with Crippen LogP contribution in [-0.4, -0.2) is 13.1 Å². The summed E-state index contributed by atoms with van der Waals surface area (Å²) in [5.41, 5.74) is 6.21. The molecule has 122 valence electrons. The van der Waals surface area contributed by atoms with Crippen LogP contribution in [0.3, 0.4) is 0 Å². The van der Waals surface area contributed by atoms with Crippen molar-refractivity contribution in [2.45, 2.75) is 33.0 Å². The fourth-order valence-electron chi connectivity index (χ4n) is 3.09. The predicted molar refractivity (Wildman–Crippen MR) is 107 cm³/mol. The second-order valence-corrected chi connectivity index (χ2v) is 12.3. The average molecular weight is 332 g/mol. The minimum absolute atomic E-state index is 1.07. The maximum Gasteiger partial charge on any atom is 0.0799 e. The number of hydrogen-bond donors (Lipinski definition) is 0. The number of aryl methyl sites for hydroxylation is 1. The summed E-state index contributed by atoms with van der Waals surface area (Å²) < 4.78 is 0. The highest BCUT2D eigenvalue weighted by Gasteiger charge is 2.20. The van der Waals surface area contributed by atoms with Crippen molar-refractivity contribution in [3.05, 3.63) is 72.4 Å². The second kappa shape index (κ2) is 6.74. The summed E-state index contributed by atoms with van der Waals surface area (Å²) in [6.45, 7) is 9.40. The summed E-state index contributed by atoms with van der Waals surface area (Å²) >= 11 is 0. The molecule has 1 heterocycles. The van der Waals surface area contributed by atoms with E-state index in [-0.39, 0.29) is 0 Å². The summed E-state index contributed by atoms with van der Waals surface area (Å²) in [7, 11) is -1.34. The summed E-state index contributed by atoms with van der Waals surface area (Å²) in [5, 5.41) is 1.48. The Morgan fingerprint density at radius 1 is 0.792 bits per heavy atom. The molecule has 24 heavy (non-hydrogen) atoms. The van der Waals surface area contributed by atoms with Gasteiger partial charge in [-0.25, -0.2) is 0 Å². The van der Waals surface area contributed by atoms with Crippen LogP contribution in [0.4, 0.5) is 0 Å². The number of benzene rings is 2. The minimum Gasteiger partial charge on any atom is -0.256 e. The van der Waals surface area contributed by atoms with Crippen molar-refractivity contribution >= 4 is 13.3 Å². The fraction of sp³-hybridized carbons (Fsp3) is 0.227. The highest BCUT2D eigenvalue weighted by molar-refractivity contribution is 6.89. The topological polar surface area (TPSA) is 12.9 Å². The first-order valence-corrected chi connectivity index (χ1v) is 12.1. The van der Waals surface area contributed by atoms with Crippen molar-refractivity contribution in [1.82, 2.24) is 4.98 Å². The van der Waals surface area contributed by atoms with Gasteiger partial charge in [0, 0.05) is 11.8 Å². The highest BCUT2D eigenvalue weighted by Crippen LogP contribution is 2.24. The smallest absolute Gasteiger partial charge is 0.0799 e. The van der Waals surface area contributed by atoms with E-state index in [1.54, 1.807) is 0 Å². The van der Waals surface area contributed by atoms with Crippen LogP contribution in [-0.2, 0) is 6.42 Å². The van der Waals surface area contributed by atoms with Crippen molar-refractivity contribution in [3.8, 4) is 22.4 Å². The lowest BCUT2D eigenvalue weighted by Gasteiger charge is -2.20. The maximum absolute atomic E-state index is 4.76. The van der Waals surface area contributed by atoms with Gasteiger partial charge in [0.15, 0.2) is 0 Å². The first-order chi connectivity index (χ1) is 11.5. The standard InChI is InChI=1S/C22H25NSi/c1-5-17-15-21(23-16-22(17)24(2,3)4)20-13-11-19(12-14-20)18-9-7-6-8-10-18/h6-16H,5H2,1-4H3. The summed E-state index contributed by atoms with van der Waals surface area (Å²) in [5.74, 6) is 0. The van der Waals surface area contributed by atoms with Gasteiger partial charge in [0.25, 0.3) is 0 Å². The number of aromatic nitrogens is 1. The van der Waals surface area contributed by atoms with E-state index in [1.165, 1.54) is 27.4 Å². The van der Waals surface area contributed by atoms with Gasteiger partial charge in [-0.05, 0) is 34.4 Å². The van der Waals surface area contributed by atoms with Gasteiger partial charge < -0.3 is 0 Å². The average Bonchev–Trinajstić information content (AvgIpc) is 2.61. The third kappa shape index (κ3) is 3.49. The van der Waals surface area contributed by atoms with E-state index in [0.717, 1.165) is 12.1 Å². The molecule has 0 aliphatic carbocycles. The quantitative estimate of drug-likeness (QED) is 0.573. The summed E-state index contributed by atoms with van der Waals surface area (Å²) in [4.78, 5) is 4.76. The Hall–Kier alpha value is -2.19. The van der Waals surface area contributed by atoms with E-state index >= 15 is 0 Å². The zero-order valence-corrected chi connectivity index (χ0v) is 16.0. The summed E-state index contributed by atoms with van der Waals surface area (Å²) in [6, 6.07) is 21.5. The Morgan fingerprint density at radius 2 is 1.38 bits per heavy atom. The molecule has 3 rings (SSSR count). The zero-order chi connectivity index (χ0) is 17.2. The largest absolute Gasteiger partial charge is 0.256 e. The molecule has 0 atom stereocenters. The Labute approximate surface area is 146 Å². The van der Waals surface area contributed by atoms with Crippen LogP contribution >= 0.6 is 0 Å². The molecule has 0 aliphatic heterocycles. The first kappa shape index (κ1) is 16.7. The maximum atomic E-state index is 4.76. The van der Waals surface area contributed by atoms with Crippen LogP contribution in [0.15, 0.2) is 66.9 Å². The van der Waals surface area contributed by atoms with Crippen molar-refractivity contribution in [2.75, 3.05) is 0 Å². The van der Waals surface area contributed by atoms with E-state index < -0.39 is 8.07 Å². The molecule has 0 aliphatic rings. The molecule has 0 saturated heterocycles. The van der Waals surface area contributed by atoms with Crippen LogP contribution in [0.2, 0.25) is 19.6 Å². The van der Waals surface area contributed by atoms with Gasteiger partial charge in [-0.3, -0.25) is 4.98 Å². The first-order valence-electron chi connectivity index (χ1n) is 8.64. The summed E-state index contributed by atoms with van der Waals surface area (Å²) in [6.07, 6.45) is 3.18. The van der Waals surface area contributed by atoms with Crippen LogP contribution in [0, 0.1) is 0 Å². The highest BCUT2D eigenvalue weighted by atomic mass is 28.3.